The van der Waals surface area contributed by atoms with Gasteiger partial charge in [0, 0.05) is 30.0 Å². The summed E-state index contributed by atoms with van der Waals surface area (Å²) in [6.45, 7) is 6.42. The molecule has 0 bridgehead atoms. The fourth-order valence-corrected chi connectivity index (χ4v) is 5.32. The molecule has 232 valence electrons. The lowest BCUT2D eigenvalue weighted by atomic mass is 10.2. The molecular formula is C32H52N2O5S2. The number of carbonyl (C=O) groups excluding carboxylic acids is 2. The number of allylic oxidation sites excluding steroid dienone is 12. The van der Waals surface area contributed by atoms with E-state index in [1.54, 1.807) is 21.6 Å². The zero-order chi connectivity index (χ0) is 30.4. The normalized spacial score (nSPS) is 13.5. The van der Waals surface area contributed by atoms with Gasteiger partial charge in [0.2, 0.25) is 5.91 Å². The molecule has 0 spiro atoms. The number of hydrogen-bond donors (Lipinski definition) is 4. The smallest absolute Gasteiger partial charge is 0.407 e. The second-order valence-corrected chi connectivity index (χ2v) is 12.9. The van der Waals surface area contributed by atoms with Crippen molar-refractivity contribution in [3.8, 4) is 0 Å². The van der Waals surface area contributed by atoms with E-state index in [1.807, 2.05) is 13.8 Å². The first-order valence-electron chi connectivity index (χ1n) is 14.5. The molecule has 7 nitrogen and oxygen atoms in total. The lowest BCUT2D eigenvalue weighted by Gasteiger charge is -2.23. The lowest BCUT2D eigenvalue weighted by molar-refractivity contribution is -0.120. The van der Waals surface area contributed by atoms with Gasteiger partial charge in [0.1, 0.15) is 12.7 Å². The van der Waals surface area contributed by atoms with Crippen molar-refractivity contribution < 1.29 is 24.5 Å². The predicted molar refractivity (Wildman–Crippen MR) is 177 cm³/mol. The number of carbonyl (C=O) groups is 2. The standard InChI is InChI=1S/C32H52N2O5S2/c1-4-5-6-7-8-9-10-11-12-13-14-15-16-17-18-19-20-21-22-23-30(37)33-24-25-40-41-32(2,3)28-34-31(38)39-27-29(36)26-35/h5-6,8-9,11-12,14-15,17-18,20-21,29,35-36H,4,7,10,13,16,19,22-28H2,1-3H3,(H,33,37)(H,34,38)/b6-5-,9-8-,12-11-,15-14-,18-17-,21-20-/t29-/m0/s1. The topological polar surface area (TPSA) is 108 Å². The van der Waals surface area contributed by atoms with Crippen LogP contribution in [0.3, 0.4) is 0 Å². The number of rotatable bonds is 24. The Kier molecular flexibility index (Phi) is 26.4. The number of ether oxygens (including phenoxy) is 1. The Balaban J connectivity index is 3.73. The molecule has 0 fully saturated rings. The predicted octanol–water partition coefficient (Wildman–Crippen LogP) is 6.82. The van der Waals surface area contributed by atoms with Crippen molar-refractivity contribution in [2.75, 3.05) is 32.1 Å². The molecule has 0 unspecified atom stereocenters. The van der Waals surface area contributed by atoms with Crippen LogP contribution in [0.5, 0.6) is 0 Å². The summed E-state index contributed by atoms with van der Waals surface area (Å²) in [5, 5.41) is 23.5. The van der Waals surface area contributed by atoms with Crippen LogP contribution in [0.25, 0.3) is 0 Å². The summed E-state index contributed by atoms with van der Waals surface area (Å²) >= 11 is 0. The zero-order valence-electron chi connectivity index (χ0n) is 25.1. The van der Waals surface area contributed by atoms with E-state index in [-0.39, 0.29) is 17.3 Å². The molecule has 1 atom stereocenters. The Labute approximate surface area is 256 Å². The van der Waals surface area contributed by atoms with Gasteiger partial charge >= 0.3 is 6.09 Å². The third kappa shape index (κ3) is 29.1. The fraction of sp³-hybridized carbons (Fsp3) is 0.562. The zero-order valence-corrected chi connectivity index (χ0v) is 26.8. The molecule has 0 saturated carbocycles. The van der Waals surface area contributed by atoms with Crippen molar-refractivity contribution >= 4 is 33.6 Å². The third-order valence-electron chi connectivity index (χ3n) is 5.20. The van der Waals surface area contributed by atoms with Gasteiger partial charge in [0.25, 0.3) is 0 Å². The van der Waals surface area contributed by atoms with E-state index in [0.29, 0.717) is 19.5 Å². The Morgan fingerprint density at radius 1 is 0.829 bits per heavy atom. The summed E-state index contributed by atoms with van der Waals surface area (Å²) < 4.78 is 4.59. The van der Waals surface area contributed by atoms with E-state index in [1.165, 1.54) is 0 Å². The number of nitrogens with one attached hydrogen (secondary N) is 2. The van der Waals surface area contributed by atoms with Crippen molar-refractivity contribution in [3.63, 3.8) is 0 Å². The summed E-state index contributed by atoms with van der Waals surface area (Å²) in [7, 11) is 3.25. The van der Waals surface area contributed by atoms with Crippen molar-refractivity contribution in [3.05, 3.63) is 72.9 Å². The molecule has 0 aliphatic rings. The maximum Gasteiger partial charge on any atom is 0.407 e. The summed E-state index contributed by atoms with van der Waals surface area (Å²) in [6.07, 6.45) is 31.4. The highest BCUT2D eigenvalue weighted by atomic mass is 33.1. The van der Waals surface area contributed by atoms with E-state index in [4.69, 9.17) is 9.84 Å². The van der Waals surface area contributed by atoms with Gasteiger partial charge in [-0.1, -0.05) is 101 Å². The Bertz CT molecular complexity index is 851. The average Bonchev–Trinajstić information content (AvgIpc) is 2.95. The van der Waals surface area contributed by atoms with Crippen LogP contribution in [-0.2, 0) is 9.53 Å². The first kappa shape index (κ1) is 38.8. The quantitative estimate of drug-likeness (QED) is 0.0541. The highest BCUT2D eigenvalue weighted by Gasteiger charge is 2.20. The molecule has 0 rings (SSSR count). The van der Waals surface area contributed by atoms with Crippen molar-refractivity contribution in [2.45, 2.75) is 83.0 Å². The SMILES string of the molecule is CC/C=C\C/C=C\C/C=C\C/C=C\C/C=C\C/C=C\CCC(=O)NCCSSC(C)(C)CNC(=O)OC[C@@H](O)CO. The van der Waals surface area contributed by atoms with Crippen LogP contribution in [0.4, 0.5) is 4.79 Å². The molecule has 0 heterocycles. The van der Waals surface area contributed by atoms with Gasteiger partial charge in [0.15, 0.2) is 0 Å². The second-order valence-electron chi connectivity index (χ2n) is 9.76. The van der Waals surface area contributed by atoms with Crippen LogP contribution in [0.1, 0.15) is 72.1 Å². The highest BCUT2D eigenvalue weighted by Crippen LogP contribution is 2.34. The van der Waals surface area contributed by atoms with Gasteiger partial charge in [-0.2, -0.15) is 0 Å². The largest absolute Gasteiger partial charge is 0.447 e. The van der Waals surface area contributed by atoms with Gasteiger partial charge in [-0.25, -0.2) is 4.79 Å². The highest BCUT2D eigenvalue weighted by molar-refractivity contribution is 8.77. The molecule has 2 amide bonds. The third-order valence-corrected chi connectivity index (χ3v) is 8.49. The molecule has 0 aliphatic heterocycles. The molecule has 0 aliphatic carbocycles. The van der Waals surface area contributed by atoms with Gasteiger partial charge in [-0.05, 0) is 58.8 Å². The van der Waals surface area contributed by atoms with Crippen LogP contribution in [-0.4, -0.2) is 65.1 Å². The summed E-state index contributed by atoms with van der Waals surface area (Å²) in [5.41, 5.74) is 0. The molecular weight excluding hydrogens is 556 g/mol. The maximum absolute atomic E-state index is 12.0. The number of hydrogen-bond acceptors (Lipinski definition) is 7. The second kappa shape index (κ2) is 27.9. The molecule has 0 aromatic rings. The van der Waals surface area contributed by atoms with Gasteiger partial charge in [-0.15, -0.1) is 0 Å². The number of alkyl carbamates (subject to hydrolysis) is 1. The van der Waals surface area contributed by atoms with Crippen molar-refractivity contribution in [1.82, 2.24) is 10.6 Å². The number of amides is 2. The van der Waals surface area contributed by atoms with E-state index < -0.39 is 18.8 Å². The minimum Gasteiger partial charge on any atom is -0.447 e. The Morgan fingerprint density at radius 3 is 1.85 bits per heavy atom. The molecule has 0 aromatic carbocycles. The van der Waals surface area contributed by atoms with Crippen LogP contribution in [0.15, 0.2) is 72.9 Å². The number of aliphatic hydroxyl groups excluding tert-OH is 2. The Hall–Kier alpha value is -2.20. The van der Waals surface area contributed by atoms with Gasteiger partial charge in [-0.3, -0.25) is 4.79 Å². The molecule has 0 aromatic heterocycles. The molecule has 4 N–H and O–H groups in total. The molecule has 41 heavy (non-hydrogen) atoms. The van der Waals surface area contributed by atoms with E-state index in [9.17, 15) is 14.7 Å². The van der Waals surface area contributed by atoms with E-state index in [0.717, 1.165) is 50.7 Å². The van der Waals surface area contributed by atoms with Crippen LogP contribution >= 0.6 is 21.6 Å². The van der Waals surface area contributed by atoms with Crippen LogP contribution < -0.4 is 10.6 Å². The average molecular weight is 609 g/mol. The van der Waals surface area contributed by atoms with Gasteiger partial charge in [0.05, 0.1) is 6.61 Å². The molecule has 9 heteroatoms. The minimum atomic E-state index is -1.07. The Morgan fingerprint density at radius 2 is 1.34 bits per heavy atom. The first-order valence-corrected chi connectivity index (χ1v) is 16.8. The summed E-state index contributed by atoms with van der Waals surface area (Å²) in [5.74, 6) is 0.802. The lowest BCUT2D eigenvalue weighted by Crippen LogP contribution is -2.37. The maximum atomic E-state index is 12.0. The molecule has 0 radical (unpaired) electrons. The van der Waals surface area contributed by atoms with Crippen molar-refractivity contribution in [1.29, 1.82) is 0 Å². The first-order chi connectivity index (χ1) is 19.8. The van der Waals surface area contributed by atoms with Crippen LogP contribution in [0.2, 0.25) is 0 Å². The van der Waals surface area contributed by atoms with Gasteiger partial charge < -0.3 is 25.6 Å². The fourth-order valence-electron chi connectivity index (χ4n) is 2.97. The summed E-state index contributed by atoms with van der Waals surface area (Å²) in [4.78, 5) is 23.6. The van der Waals surface area contributed by atoms with Crippen molar-refractivity contribution in [2.24, 2.45) is 0 Å². The van der Waals surface area contributed by atoms with E-state index in [2.05, 4.69) is 90.5 Å². The monoisotopic (exact) mass is 608 g/mol. The van der Waals surface area contributed by atoms with E-state index >= 15 is 0 Å². The molecule has 0 saturated heterocycles. The van der Waals surface area contributed by atoms with Crippen LogP contribution in [0, 0.1) is 0 Å². The number of aliphatic hydroxyl groups is 2. The summed E-state index contributed by atoms with van der Waals surface area (Å²) in [6, 6.07) is 0. The minimum absolute atomic E-state index is 0.0452.